The van der Waals surface area contributed by atoms with Gasteiger partial charge in [0.1, 0.15) is 5.78 Å². The van der Waals surface area contributed by atoms with Crippen molar-refractivity contribution in [2.24, 2.45) is 5.92 Å². The summed E-state index contributed by atoms with van der Waals surface area (Å²) >= 11 is 0. The van der Waals surface area contributed by atoms with E-state index in [0.717, 1.165) is 19.3 Å². The molecule has 66 valence electrons. The molecular weight excluding hydrogens is 148 g/mol. The number of carbonyl (C=O) groups is 1. The molecule has 0 aromatic carbocycles. The van der Waals surface area contributed by atoms with Crippen molar-refractivity contribution in [1.82, 2.24) is 0 Å². The van der Waals surface area contributed by atoms with Crippen LogP contribution in [0.5, 0.6) is 0 Å². The van der Waals surface area contributed by atoms with Gasteiger partial charge in [0.05, 0.1) is 0 Å². The van der Waals surface area contributed by atoms with Crippen molar-refractivity contribution in [3.05, 3.63) is 24.8 Å². The molecule has 0 N–H and O–H groups in total. The van der Waals surface area contributed by atoms with E-state index in [9.17, 15) is 4.79 Å². The van der Waals surface area contributed by atoms with Crippen LogP contribution in [0.3, 0.4) is 0 Å². The van der Waals surface area contributed by atoms with Crippen LogP contribution in [0.4, 0.5) is 0 Å². The zero-order valence-corrected chi connectivity index (χ0v) is 7.46. The molecule has 1 unspecified atom stereocenters. The van der Waals surface area contributed by atoms with E-state index in [0.29, 0.717) is 18.1 Å². The summed E-state index contributed by atoms with van der Waals surface area (Å²) in [6, 6.07) is 0. The van der Waals surface area contributed by atoms with Crippen molar-refractivity contribution < 1.29 is 4.79 Å². The molecule has 1 rings (SSSR count). The van der Waals surface area contributed by atoms with Crippen LogP contribution in [0.25, 0.3) is 0 Å². The maximum atomic E-state index is 11.2. The molecular formula is C11H16O. The summed E-state index contributed by atoms with van der Waals surface area (Å²) in [5, 5.41) is 0. The minimum Gasteiger partial charge on any atom is -0.299 e. The van der Waals surface area contributed by atoms with E-state index >= 15 is 0 Å². The molecule has 1 atom stereocenters. The Labute approximate surface area is 74.2 Å². The fraction of sp³-hybridized carbons (Fsp3) is 0.545. The molecule has 0 saturated heterocycles. The van der Waals surface area contributed by atoms with E-state index < -0.39 is 0 Å². The lowest BCUT2D eigenvalue weighted by Gasteiger charge is -2.15. The summed E-state index contributed by atoms with van der Waals surface area (Å²) in [6.07, 6.45) is 10.8. The Morgan fingerprint density at radius 1 is 1.58 bits per heavy atom. The Bertz CT molecular complexity index is 191. The lowest BCUT2D eigenvalue weighted by atomic mass is 9.89. The maximum Gasteiger partial charge on any atom is 0.136 e. The summed E-state index contributed by atoms with van der Waals surface area (Å²) in [5.41, 5.74) is 0. The quantitative estimate of drug-likeness (QED) is 0.584. The largest absolute Gasteiger partial charge is 0.299 e. The molecule has 1 nitrogen and oxygen atoms in total. The molecule has 0 saturated carbocycles. The van der Waals surface area contributed by atoms with Gasteiger partial charge in [0.15, 0.2) is 0 Å². The summed E-state index contributed by atoms with van der Waals surface area (Å²) in [5.74, 6) is 0.938. The molecule has 12 heavy (non-hydrogen) atoms. The van der Waals surface area contributed by atoms with E-state index in [4.69, 9.17) is 0 Å². The Morgan fingerprint density at radius 2 is 2.42 bits per heavy atom. The normalized spacial score (nSPS) is 22.2. The highest BCUT2D eigenvalue weighted by atomic mass is 16.1. The second-order valence-corrected chi connectivity index (χ2v) is 3.39. The number of allylic oxidation sites excluding steroid dienone is 3. The highest BCUT2D eigenvalue weighted by Gasteiger charge is 2.12. The monoisotopic (exact) mass is 164 g/mol. The molecule has 0 radical (unpaired) electrons. The Morgan fingerprint density at radius 3 is 3.00 bits per heavy atom. The lowest BCUT2D eigenvalue weighted by Crippen LogP contribution is -2.08. The second kappa shape index (κ2) is 4.91. The summed E-state index contributed by atoms with van der Waals surface area (Å²) in [6.45, 7) is 3.56. The van der Waals surface area contributed by atoms with Crippen molar-refractivity contribution in [2.75, 3.05) is 0 Å². The molecule has 1 heteroatoms. The van der Waals surface area contributed by atoms with E-state index in [-0.39, 0.29) is 0 Å². The van der Waals surface area contributed by atoms with Gasteiger partial charge in [-0.15, -0.1) is 6.58 Å². The van der Waals surface area contributed by atoms with Gasteiger partial charge in [-0.25, -0.2) is 0 Å². The molecule has 0 aromatic heterocycles. The SMILES string of the molecule is C=CCC(=O)CC1CC=CCC1. The average molecular weight is 164 g/mol. The first-order chi connectivity index (χ1) is 5.83. The van der Waals surface area contributed by atoms with E-state index in [1.54, 1.807) is 6.08 Å². The Kier molecular flexibility index (Phi) is 3.78. The fourth-order valence-corrected chi connectivity index (χ4v) is 1.61. The number of hydrogen-bond donors (Lipinski definition) is 0. The zero-order chi connectivity index (χ0) is 8.81. The van der Waals surface area contributed by atoms with Crippen LogP contribution in [0.2, 0.25) is 0 Å². The molecule has 0 spiro atoms. The highest BCUT2D eigenvalue weighted by molar-refractivity contribution is 5.79. The van der Waals surface area contributed by atoms with Crippen molar-refractivity contribution in [3.63, 3.8) is 0 Å². The van der Waals surface area contributed by atoms with Crippen molar-refractivity contribution >= 4 is 5.78 Å². The average Bonchev–Trinajstić information content (AvgIpc) is 2.06. The minimum atomic E-state index is 0.338. The number of Topliss-reactive ketones (excluding diaryl/α,β-unsaturated/α-hetero) is 1. The molecule has 1 aliphatic rings. The first-order valence-electron chi connectivity index (χ1n) is 4.60. The van der Waals surface area contributed by atoms with E-state index in [1.807, 2.05) is 0 Å². The van der Waals surface area contributed by atoms with Crippen molar-refractivity contribution in [1.29, 1.82) is 0 Å². The van der Waals surface area contributed by atoms with Gasteiger partial charge in [-0.1, -0.05) is 18.2 Å². The van der Waals surface area contributed by atoms with E-state index in [1.165, 1.54) is 6.42 Å². The van der Waals surface area contributed by atoms with Gasteiger partial charge in [-0.2, -0.15) is 0 Å². The lowest BCUT2D eigenvalue weighted by molar-refractivity contribution is -0.119. The Hall–Kier alpha value is -0.850. The third-order valence-corrected chi connectivity index (χ3v) is 2.27. The van der Waals surface area contributed by atoms with Crippen LogP contribution in [0.15, 0.2) is 24.8 Å². The minimum absolute atomic E-state index is 0.338. The van der Waals surface area contributed by atoms with Gasteiger partial charge in [-0.3, -0.25) is 4.79 Å². The number of carbonyl (C=O) groups excluding carboxylic acids is 1. The molecule has 0 aromatic rings. The predicted molar refractivity (Wildman–Crippen MR) is 50.9 cm³/mol. The van der Waals surface area contributed by atoms with E-state index in [2.05, 4.69) is 18.7 Å². The number of ketones is 1. The molecule has 1 aliphatic carbocycles. The van der Waals surface area contributed by atoms with Crippen molar-refractivity contribution in [2.45, 2.75) is 32.1 Å². The molecule has 0 bridgehead atoms. The predicted octanol–water partition coefficient (Wildman–Crippen LogP) is 2.88. The van der Waals surface area contributed by atoms with Gasteiger partial charge in [-0.05, 0) is 25.2 Å². The van der Waals surface area contributed by atoms with Crippen molar-refractivity contribution in [3.8, 4) is 0 Å². The fourth-order valence-electron chi connectivity index (χ4n) is 1.61. The van der Waals surface area contributed by atoms with Crippen LogP contribution in [-0.2, 0) is 4.79 Å². The first-order valence-corrected chi connectivity index (χ1v) is 4.60. The molecule has 0 fully saturated rings. The van der Waals surface area contributed by atoms with Gasteiger partial charge < -0.3 is 0 Å². The summed E-state index contributed by atoms with van der Waals surface area (Å²) in [4.78, 5) is 11.2. The zero-order valence-electron chi connectivity index (χ0n) is 7.46. The molecule has 0 amide bonds. The molecule has 0 aliphatic heterocycles. The van der Waals surface area contributed by atoms with Crippen LogP contribution >= 0.6 is 0 Å². The summed E-state index contributed by atoms with van der Waals surface area (Å²) < 4.78 is 0. The highest BCUT2D eigenvalue weighted by Crippen LogP contribution is 2.21. The third kappa shape index (κ3) is 3.04. The Balaban J connectivity index is 2.25. The smallest absolute Gasteiger partial charge is 0.136 e. The molecule has 0 heterocycles. The summed E-state index contributed by atoms with van der Waals surface area (Å²) in [7, 11) is 0. The van der Waals surface area contributed by atoms with Crippen LogP contribution in [0.1, 0.15) is 32.1 Å². The van der Waals surface area contributed by atoms with Gasteiger partial charge in [0, 0.05) is 12.8 Å². The van der Waals surface area contributed by atoms with Gasteiger partial charge in [0.2, 0.25) is 0 Å². The van der Waals surface area contributed by atoms with Crippen LogP contribution in [-0.4, -0.2) is 5.78 Å². The van der Waals surface area contributed by atoms with Gasteiger partial charge in [0.25, 0.3) is 0 Å². The third-order valence-electron chi connectivity index (χ3n) is 2.27. The second-order valence-electron chi connectivity index (χ2n) is 3.39. The first kappa shape index (κ1) is 9.24. The number of rotatable bonds is 4. The maximum absolute atomic E-state index is 11.2. The number of hydrogen-bond acceptors (Lipinski definition) is 1. The van der Waals surface area contributed by atoms with Gasteiger partial charge >= 0.3 is 0 Å². The standard InChI is InChI=1S/C11H16O/c1-2-6-11(12)9-10-7-4-3-5-8-10/h2-4,10H,1,5-9H2. The van der Waals surface area contributed by atoms with Crippen LogP contribution < -0.4 is 0 Å². The topological polar surface area (TPSA) is 17.1 Å². The van der Waals surface area contributed by atoms with Crippen LogP contribution in [0, 0.1) is 5.92 Å².